The fourth-order valence-corrected chi connectivity index (χ4v) is 3.02. The van der Waals surface area contributed by atoms with Crippen molar-refractivity contribution in [3.63, 3.8) is 0 Å². The van der Waals surface area contributed by atoms with E-state index in [1.165, 1.54) is 6.07 Å². The molecule has 0 radical (unpaired) electrons. The molecule has 24 heavy (non-hydrogen) atoms. The summed E-state index contributed by atoms with van der Waals surface area (Å²) >= 11 is 0.440. The van der Waals surface area contributed by atoms with Gasteiger partial charge in [0.25, 0.3) is 5.25 Å². The van der Waals surface area contributed by atoms with E-state index in [0.717, 1.165) is 17.8 Å². The number of thioether (sulfide) groups is 1. The number of aromatic amines is 1. The fraction of sp³-hybridized carbons (Fsp3) is 0.118. The molecule has 0 aliphatic rings. The second kappa shape index (κ2) is 6.52. The summed E-state index contributed by atoms with van der Waals surface area (Å²) in [5.41, 5.74) is 2.07. The number of amides is 2. The van der Waals surface area contributed by atoms with Crippen molar-refractivity contribution in [2.24, 2.45) is 0 Å². The first-order valence-corrected chi connectivity index (χ1v) is 8.03. The van der Waals surface area contributed by atoms with Gasteiger partial charge in [0.1, 0.15) is 0 Å². The molecule has 0 atom stereocenters. The Morgan fingerprint density at radius 1 is 1.08 bits per heavy atom. The summed E-state index contributed by atoms with van der Waals surface area (Å²) < 4.78 is 26.1. The maximum atomic E-state index is 13.1. The Kier molecular flexibility index (Phi) is 4.44. The first-order valence-electron chi connectivity index (χ1n) is 7.21. The van der Waals surface area contributed by atoms with Gasteiger partial charge < -0.3 is 15.6 Å². The number of anilines is 2. The highest BCUT2D eigenvalue weighted by atomic mass is 32.2. The summed E-state index contributed by atoms with van der Waals surface area (Å²) in [7, 11) is 0. The smallest absolute Gasteiger partial charge is 0.323 e. The Bertz CT molecular complexity index is 873. The van der Waals surface area contributed by atoms with E-state index in [-0.39, 0.29) is 0 Å². The molecular weight excluding hydrogens is 332 g/mol. The summed E-state index contributed by atoms with van der Waals surface area (Å²) in [6.07, 6.45) is 1.82. The van der Waals surface area contributed by atoms with Gasteiger partial charge in [-0.05, 0) is 42.5 Å². The molecule has 3 N–H and O–H groups in total. The Labute approximate surface area is 141 Å². The van der Waals surface area contributed by atoms with E-state index in [1.807, 2.05) is 24.4 Å². The lowest BCUT2D eigenvalue weighted by Crippen LogP contribution is -2.19. The van der Waals surface area contributed by atoms with Crippen LogP contribution in [0.25, 0.3) is 10.9 Å². The lowest BCUT2D eigenvalue weighted by molar-refractivity contribution is 0.129. The molecule has 0 spiro atoms. The number of fused-ring (bicyclic) bond motifs is 1. The van der Waals surface area contributed by atoms with Gasteiger partial charge >= 0.3 is 6.03 Å². The molecule has 0 aliphatic carbocycles. The van der Waals surface area contributed by atoms with Crippen molar-refractivity contribution in [2.75, 3.05) is 10.6 Å². The van der Waals surface area contributed by atoms with Crippen molar-refractivity contribution < 1.29 is 13.6 Å². The van der Waals surface area contributed by atoms with Crippen LogP contribution in [0.5, 0.6) is 0 Å². The molecule has 1 aromatic heterocycles. The van der Waals surface area contributed by atoms with Crippen molar-refractivity contribution in [2.45, 2.75) is 17.1 Å². The number of hydrogen-bond donors (Lipinski definition) is 3. The van der Waals surface area contributed by atoms with E-state index in [9.17, 15) is 13.6 Å². The van der Waals surface area contributed by atoms with E-state index in [1.54, 1.807) is 24.3 Å². The van der Waals surface area contributed by atoms with Crippen LogP contribution in [0.2, 0.25) is 0 Å². The highest BCUT2D eigenvalue weighted by Crippen LogP contribution is 2.35. The molecule has 3 aromatic rings. The number of carbonyl (C=O) groups is 1. The van der Waals surface area contributed by atoms with Gasteiger partial charge in [-0.3, -0.25) is 0 Å². The standard InChI is InChI=1S/C17H15F2N3OS/c1-17(18,19)24-14-4-2-3-12(10-14)21-16(23)22-13-5-6-15-11(9-13)7-8-20-15/h2-10,20H,1H3,(H2,21,22,23). The molecule has 0 fully saturated rings. The maximum Gasteiger partial charge on any atom is 0.323 e. The van der Waals surface area contributed by atoms with E-state index in [2.05, 4.69) is 15.6 Å². The highest BCUT2D eigenvalue weighted by Gasteiger charge is 2.22. The Morgan fingerprint density at radius 2 is 1.83 bits per heavy atom. The van der Waals surface area contributed by atoms with Crippen LogP contribution in [-0.4, -0.2) is 16.3 Å². The lowest BCUT2D eigenvalue weighted by atomic mass is 10.2. The Balaban J connectivity index is 1.67. The van der Waals surface area contributed by atoms with Gasteiger partial charge in [0.15, 0.2) is 0 Å². The third-order valence-electron chi connectivity index (χ3n) is 3.20. The monoisotopic (exact) mass is 347 g/mol. The van der Waals surface area contributed by atoms with Gasteiger partial charge in [-0.2, -0.15) is 8.78 Å². The van der Waals surface area contributed by atoms with Crippen LogP contribution in [-0.2, 0) is 0 Å². The van der Waals surface area contributed by atoms with E-state index in [4.69, 9.17) is 0 Å². The van der Waals surface area contributed by atoms with Crippen LogP contribution >= 0.6 is 11.8 Å². The van der Waals surface area contributed by atoms with Crippen LogP contribution in [0.15, 0.2) is 59.6 Å². The SMILES string of the molecule is CC(F)(F)Sc1cccc(NC(=O)Nc2ccc3[nH]ccc3c2)c1. The number of alkyl halides is 2. The zero-order valence-corrected chi connectivity index (χ0v) is 13.6. The van der Waals surface area contributed by atoms with Gasteiger partial charge in [0, 0.05) is 40.3 Å². The van der Waals surface area contributed by atoms with Crippen LogP contribution in [0.1, 0.15) is 6.92 Å². The predicted molar refractivity (Wildman–Crippen MR) is 93.9 cm³/mol. The first-order chi connectivity index (χ1) is 11.4. The molecular formula is C17H15F2N3OS. The third-order valence-corrected chi connectivity index (χ3v) is 4.05. The molecule has 7 heteroatoms. The number of urea groups is 1. The number of benzene rings is 2. The zero-order chi connectivity index (χ0) is 17.2. The lowest BCUT2D eigenvalue weighted by Gasteiger charge is -2.11. The van der Waals surface area contributed by atoms with Crippen molar-refractivity contribution in [1.29, 1.82) is 0 Å². The average molecular weight is 347 g/mol. The number of halogens is 2. The maximum absolute atomic E-state index is 13.1. The number of hydrogen-bond acceptors (Lipinski definition) is 2. The number of aromatic nitrogens is 1. The summed E-state index contributed by atoms with van der Waals surface area (Å²) in [5.74, 6) is 0. The summed E-state index contributed by atoms with van der Waals surface area (Å²) in [4.78, 5) is 15.5. The van der Waals surface area contributed by atoms with Gasteiger partial charge in [-0.25, -0.2) is 4.79 Å². The molecule has 4 nitrogen and oxygen atoms in total. The second-order valence-corrected chi connectivity index (χ2v) is 6.69. The minimum atomic E-state index is -2.87. The van der Waals surface area contributed by atoms with E-state index < -0.39 is 11.3 Å². The van der Waals surface area contributed by atoms with Crippen LogP contribution in [0.4, 0.5) is 25.0 Å². The van der Waals surface area contributed by atoms with E-state index >= 15 is 0 Å². The summed E-state index contributed by atoms with van der Waals surface area (Å²) in [6.45, 7) is 0.835. The first kappa shape index (κ1) is 16.3. The van der Waals surface area contributed by atoms with Crippen molar-refractivity contribution in [3.05, 3.63) is 54.7 Å². The number of H-pyrrole nitrogens is 1. The van der Waals surface area contributed by atoms with Gasteiger partial charge in [0.05, 0.1) is 0 Å². The van der Waals surface area contributed by atoms with Crippen molar-refractivity contribution in [3.8, 4) is 0 Å². The van der Waals surface area contributed by atoms with Crippen LogP contribution < -0.4 is 10.6 Å². The number of rotatable bonds is 4. The average Bonchev–Trinajstić information content (AvgIpc) is 2.93. The molecule has 124 valence electrons. The minimum absolute atomic E-state index is 0.383. The highest BCUT2D eigenvalue weighted by molar-refractivity contribution is 8.00. The molecule has 0 unspecified atom stereocenters. The Morgan fingerprint density at radius 3 is 2.58 bits per heavy atom. The van der Waals surface area contributed by atoms with Crippen LogP contribution in [0, 0.1) is 0 Å². The molecule has 0 saturated heterocycles. The van der Waals surface area contributed by atoms with Crippen molar-refractivity contribution >= 4 is 40.1 Å². The normalized spacial score (nSPS) is 11.5. The number of carbonyl (C=O) groups excluding carboxylic acids is 1. The van der Waals surface area contributed by atoms with Gasteiger partial charge in [0.2, 0.25) is 0 Å². The molecule has 0 bridgehead atoms. The van der Waals surface area contributed by atoms with E-state index in [0.29, 0.717) is 28.0 Å². The second-order valence-electron chi connectivity index (χ2n) is 5.30. The summed E-state index contributed by atoms with van der Waals surface area (Å²) in [6, 6.07) is 13.3. The fourth-order valence-electron chi connectivity index (χ4n) is 2.27. The van der Waals surface area contributed by atoms with Crippen molar-refractivity contribution in [1.82, 2.24) is 4.98 Å². The zero-order valence-electron chi connectivity index (χ0n) is 12.8. The minimum Gasteiger partial charge on any atom is -0.361 e. The number of nitrogens with one attached hydrogen (secondary N) is 3. The topological polar surface area (TPSA) is 56.9 Å². The molecule has 3 rings (SSSR count). The third kappa shape index (κ3) is 4.26. The largest absolute Gasteiger partial charge is 0.361 e. The quantitative estimate of drug-likeness (QED) is 0.545. The summed E-state index contributed by atoms with van der Waals surface area (Å²) in [5, 5.41) is 3.48. The van der Waals surface area contributed by atoms with Gasteiger partial charge in [-0.15, -0.1) is 0 Å². The Hall–Kier alpha value is -2.54. The molecule has 0 saturated carbocycles. The molecule has 2 amide bonds. The predicted octanol–water partition coefficient (Wildman–Crippen LogP) is 5.52. The molecule has 0 aliphatic heterocycles. The van der Waals surface area contributed by atoms with Gasteiger partial charge in [-0.1, -0.05) is 17.8 Å². The molecule has 1 heterocycles. The van der Waals surface area contributed by atoms with Crippen LogP contribution in [0.3, 0.4) is 0 Å². The molecule has 2 aromatic carbocycles.